The Morgan fingerprint density at radius 1 is 0.946 bits per heavy atom. The van der Waals surface area contributed by atoms with Crippen LogP contribution in [0.4, 0.5) is 0 Å². The first kappa shape index (κ1) is 27.2. The van der Waals surface area contributed by atoms with E-state index in [0.29, 0.717) is 46.4 Å². The van der Waals surface area contributed by atoms with Crippen LogP contribution in [0.3, 0.4) is 0 Å². The van der Waals surface area contributed by atoms with Gasteiger partial charge in [0.2, 0.25) is 5.91 Å². The third-order valence-corrected chi connectivity index (χ3v) is 5.41. The number of esters is 1. The molecule has 2 N–H and O–H groups in total. The highest BCUT2D eigenvalue weighted by atomic mass is 35.5. The van der Waals surface area contributed by atoms with Gasteiger partial charge < -0.3 is 19.5 Å². The third kappa shape index (κ3) is 8.08. The summed E-state index contributed by atoms with van der Waals surface area (Å²) in [5, 5.41) is 6.99. The van der Waals surface area contributed by atoms with Crippen molar-refractivity contribution in [2.45, 2.75) is 12.8 Å². The highest BCUT2D eigenvalue weighted by Crippen LogP contribution is 2.27. The zero-order valence-electron chi connectivity index (χ0n) is 20.3. The number of nitrogens with one attached hydrogen (secondary N) is 2. The number of amides is 2. The summed E-state index contributed by atoms with van der Waals surface area (Å²) in [5.41, 5.74) is 3.73. The Morgan fingerprint density at radius 2 is 1.73 bits per heavy atom. The lowest BCUT2D eigenvalue weighted by Gasteiger charge is -2.10. The second-order valence-electron chi connectivity index (χ2n) is 7.66. The molecule has 3 aromatic rings. The fourth-order valence-electron chi connectivity index (χ4n) is 3.21. The van der Waals surface area contributed by atoms with E-state index in [-0.39, 0.29) is 23.8 Å². The molecular formula is C27H26ClN3O6. The summed E-state index contributed by atoms with van der Waals surface area (Å²) in [4.78, 5) is 36.7. The van der Waals surface area contributed by atoms with Crippen molar-refractivity contribution in [1.82, 2.24) is 10.7 Å². The van der Waals surface area contributed by atoms with Crippen LogP contribution in [0, 0.1) is 0 Å². The van der Waals surface area contributed by atoms with E-state index < -0.39 is 5.97 Å². The molecule has 0 saturated heterocycles. The molecule has 0 aliphatic heterocycles. The van der Waals surface area contributed by atoms with Crippen LogP contribution in [-0.4, -0.2) is 44.8 Å². The summed E-state index contributed by atoms with van der Waals surface area (Å²) in [6.07, 6.45) is 2.02. The molecule has 0 heterocycles. The van der Waals surface area contributed by atoms with Gasteiger partial charge in [-0.2, -0.15) is 5.10 Å². The maximum Gasteiger partial charge on any atom is 0.345 e. The number of hydrogen-bond acceptors (Lipinski definition) is 7. The molecule has 9 nitrogen and oxygen atoms in total. The molecule has 3 rings (SSSR count). The van der Waals surface area contributed by atoms with Gasteiger partial charge in [-0.05, 0) is 54.4 Å². The molecule has 0 saturated carbocycles. The molecule has 0 unspecified atom stereocenters. The van der Waals surface area contributed by atoms with Crippen molar-refractivity contribution in [2.24, 2.45) is 5.10 Å². The molecule has 0 aliphatic carbocycles. The summed E-state index contributed by atoms with van der Waals surface area (Å²) in [7, 11) is 3.01. The lowest BCUT2D eigenvalue weighted by atomic mass is 10.2. The quantitative estimate of drug-likeness (QED) is 0.128. The van der Waals surface area contributed by atoms with Crippen LogP contribution in [0.15, 0.2) is 71.8 Å². The molecule has 3 aromatic carbocycles. The van der Waals surface area contributed by atoms with Crippen LogP contribution in [0.5, 0.6) is 17.2 Å². The largest absolute Gasteiger partial charge is 0.493 e. The average Bonchev–Trinajstić information content (AvgIpc) is 2.91. The van der Waals surface area contributed by atoms with Gasteiger partial charge in [-0.25, -0.2) is 10.2 Å². The van der Waals surface area contributed by atoms with Crippen LogP contribution in [0.1, 0.15) is 39.1 Å². The zero-order valence-corrected chi connectivity index (χ0v) is 21.1. The van der Waals surface area contributed by atoms with Crippen LogP contribution >= 0.6 is 11.6 Å². The summed E-state index contributed by atoms with van der Waals surface area (Å²) >= 11 is 6.03. The molecule has 10 heteroatoms. The predicted molar refractivity (Wildman–Crippen MR) is 140 cm³/mol. The van der Waals surface area contributed by atoms with Crippen LogP contribution in [0.25, 0.3) is 0 Å². The van der Waals surface area contributed by atoms with Gasteiger partial charge in [-0.1, -0.05) is 35.9 Å². The Balaban J connectivity index is 1.42. The Hall–Kier alpha value is -4.37. The predicted octanol–water partition coefficient (Wildman–Crippen LogP) is 4.24. The summed E-state index contributed by atoms with van der Waals surface area (Å²) in [6.45, 7) is 0.309. The maximum atomic E-state index is 12.3. The van der Waals surface area contributed by atoms with Crippen LogP contribution in [-0.2, 0) is 4.79 Å². The van der Waals surface area contributed by atoms with Gasteiger partial charge in [0.25, 0.3) is 5.91 Å². The standard InChI is InChI=1S/C27H26ClN3O6/c1-35-23-13-12-19(16-24(23)36-2)26(33)29-14-6-11-25(32)31-30-17-18-7-5-8-20(15-18)37-27(34)21-9-3-4-10-22(21)28/h3-5,7-10,12-13,15-17H,6,11,14H2,1-2H3,(H,29,33)(H,31,32). The first-order chi connectivity index (χ1) is 17.9. The van der Waals surface area contributed by atoms with E-state index in [2.05, 4.69) is 15.8 Å². The number of ether oxygens (including phenoxy) is 3. The first-order valence-electron chi connectivity index (χ1n) is 11.3. The maximum absolute atomic E-state index is 12.3. The van der Waals surface area contributed by atoms with Crippen molar-refractivity contribution >= 4 is 35.6 Å². The number of carbonyl (C=O) groups excluding carboxylic acids is 3. The van der Waals surface area contributed by atoms with E-state index in [4.69, 9.17) is 25.8 Å². The van der Waals surface area contributed by atoms with Crippen molar-refractivity contribution in [2.75, 3.05) is 20.8 Å². The van der Waals surface area contributed by atoms with Crippen LogP contribution in [0.2, 0.25) is 5.02 Å². The molecular weight excluding hydrogens is 498 g/mol. The Kier molecular flexibility index (Phi) is 10.0. The Labute approximate surface area is 219 Å². The third-order valence-electron chi connectivity index (χ3n) is 5.08. The van der Waals surface area contributed by atoms with Crippen molar-refractivity contribution in [3.05, 3.63) is 88.4 Å². The summed E-state index contributed by atoms with van der Waals surface area (Å²) in [6, 6.07) is 18.1. The number of methoxy groups -OCH3 is 2. The fourth-order valence-corrected chi connectivity index (χ4v) is 3.43. The molecule has 0 bridgehead atoms. The number of hydrogen-bond donors (Lipinski definition) is 2. The van der Waals surface area contributed by atoms with Crippen LogP contribution < -0.4 is 25.0 Å². The summed E-state index contributed by atoms with van der Waals surface area (Å²) in [5.74, 6) is 0.127. The molecule has 2 amide bonds. The molecule has 0 fully saturated rings. The first-order valence-corrected chi connectivity index (χ1v) is 11.7. The molecule has 0 spiro atoms. The lowest BCUT2D eigenvalue weighted by molar-refractivity contribution is -0.121. The van der Waals surface area contributed by atoms with Crippen molar-refractivity contribution in [3.8, 4) is 17.2 Å². The molecule has 0 aromatic heterocycles. The SMILES string of the molecule is COc1ccc(C(=O)NCCCC(=O)NN=Cc2cccc(OC(=O)c3ccccc3Cl)c2)cc1OC. The van der Waals surface area contributed by atoms with E-state index >= 15 is 0 Å². The minimum Gasteiger partial charge on any atom is -0.493 e. The second-order valence-corrected chi connectivity index (χ2v) is 8.07. The van der Waals surface area contributed by atoms with E-state index in [1.54, 1.807) is 66.7 Å². The molecule has 192 valence electrons. The number of nitrogens with zero attached hydrogens (tertiary/aromatic N) is 1. The molecule has 0 radical (unpaired) electrons. The minimum atomic E-state index is -0.578. The van der Waals surface area contributed by atoms with Gasteiger partial charge in [0.05, 0.1) is 31.0 Å². The monoisotopic (exact) mass is 523 g/mol. The highest BCUT2D eigenvalue weighted by molar-refractivity contribution is 6.33. The smallest absolute Gasteiger partial charge is 0.345 e. The number of halogens is 1. The fraction of sp³-hybridized carbons (Fsp3) is 0.185. The average molecular weight is 524 g/mol. The minimum absolute atomic E-state index is 0.166. The van der Waals surface area contributed by atoms with Crippen molar-refractivity contribution in [1.29, 1.82) is 0 Å². The number of benzene rings is 3. The number of hydrazone groups is 1. The van der Waals surface area contributed by atoms with Gasteiger partial charge in [0, 0.05) is 18.5 Å². The Bertz CT molecular complexity index is 1290. The van der Waals surface area contributed by atoms with Gasteiger partial charge in [0.1, 0.15) is 5.75 Å². The van der Waals surface area contributed by atoms with Gasteiger partial charge in [-0.3, -0.25) is 9.59 Å². The van der Waals surface area contributed by atoms with Gasteiger partial charge >= 0.3 is 5.97 Å². The Morgan fingerprint density at radius 3 is 2.49 bits per heavy atom. The topological polar surface area (TPSA) is 115 Å². The van der Waals surface area contributed by atoms with Gasteiger partial charge in [-0.15, -0.1) is 0 Å². The van der Waals surface area contributed by atoms with E-state index in [0.717, 1.165) is 0 Å². The lowest BCUT2D eigenvalue weighted by Crippen LogP contribution is -2.26. The molecule has 37 heavy (non-hydrogen) atoms. The van der Waals surface area contributed by atoms with E-state index in [1.807, 2.05) is 0 Å². The normalized spacial score (nSPS) is 10.6. The van der Waals surface area contributed by atoms with Crippen molar-refractivity contribution in [3.63, 3.8) is 0 Å². The summed E-state index contributed by atoms with van der Waals surface area (Å²) < 4.78 is 15.7. The number of carbonyl (C=O) groups is 3. The molecule has 0 aliphatic rings. The van der Waals surface area contributed by atoms with Crippen molar-refractivity contribution < 1.29 is 28.6 Å². The van der Waals surface area contributed by atoms with E-state index in [9.17, 15) is 14.4 Å². The second kappa shape index (κ2) is 13.6. The van der Waals surface area contributed by atoms with E-state index in [1.165, 1.54) is 20.4 Å². The highest BCUT2D eigenvalue weighted by Gasteiger charge is 2.13. The molecule has 0 atom stereocenters. The van der Waals surface area contributed by atoms with Gasteiger partial charge in [0.15, 0.2) is 11.5 Å². The zero-order chi connectivity index (χ0) is 26.6. The number of rotatable bonds is 11.